The summed E-state index contributed by atoms with van der Waals surface area (Å²) in [6.45, 7) is 5.50. The van der Waals surface area contributed by atoms with Gasteiger partial charge in [0, 0.05) is 48.3 Å². The number of benzene rings is 1. The van der Waals surface area contributed by atoms with Crippen LogP contribution in [0.4, 0.5) is 16.0 Å². The minimum Gasteiger partial charge on any atom is -0.380 e. The van der Waals surface area contributed by atoms with Crippen LogP contribution in [0.3, 0.4) is 0 Å². The first-order valence-electron chi connectivity index (χ1n) is 11.4. The summed E-state index contributed by atoms with van der Waals surface area (Å²) in [7, 11) is 0. The van der Waals surface area contributed by atoms with Crippen LogP contribution < -0.4 is 5.32 Å². The Kier molecular flexibility index (Phi) is 6.69. The van der Waals surface area contributed by atoms with Crippen molar-refractivity contribution in [3.63, 3.8) is 0 Å². The van der Waals surface area contributed by atoms with Crippen LogP contribution in [0.1, 0.15) is 37.7 Å². The van der Waals surface area contributed by atoms with E-state index < -0.39 is 6.17 Å². The molecule has 0 radical (unpaired) electrons. The molecule has 0 amide bonds. The fraction of sp³-hybridized carbons (Fsp3) is 0.522. The van der Waals surface area contributed by atoms with E-state index in [9.17, 15) is 0 Å². The maximum Gasteiger partial charge on any atom is 0.227 e. The number of ether oxygens (including phenoxy) is 1. The van der Waals surface area contributed by atoms with Gasteiger partial charge in [-0.25, -0.2) is 14.4 Å². The Morgan fingerprint density at radius 3 is 2.88 bits per heavy atom. The standard InChI is InChI=1S/C23H27Cl2FN6O/c1-2-5-32-22(25)21(11-28-32)30-23-27-10-14-8-18(24)17(9-20(14)29-23)16-3-6-31(12-19(16)26)15-4-7-33-13-15/h8-11,15-16,19H,2-7,12-13H2,1H3,(H,27,29,30)/t15-,16?,19?/m1/s1. The zero-order chi connectivity index (χ0) is 22.9. The number of aromatic nitrogens is 4. The van der Waals surface area contributed by atoms with E-state index in [1.807, 2.05) is 12.1 Å². The molecule has 1 N–H and O–H groups in total. The lowest BCUT2D eigenvalue weighted by atomic mass is 9.86. The van der Waals surface area contributed by atoms with Gasteiger partial charge in [-0.2, -0.15) is 5.10 Å². The summed E-state index contributed by atoms with van der Waals surface area (Å²) in [6, 6.07) is 4.05. The molecule has 0 aliphatic carbocycles. The minimum absolute atomic E-state index is 0.256. The predicted molar refractivity (Wildman–Crippen MR) is 128 cm³/mol. The van der Waals surface area contributed by atoms with Gasteiger partial charge >= 0.3 is 0 Å². The number of rotatable bonds is 6. The van der Waals surface area contributed by atoms with Crippen molar-refractivity contribution < 1.29 is 9.13 Å². The van der Waals surface area contributed by atoms with Gasteiger partial charge in [0.15, 0.2) is 5.15 Å². The minimum atomic E-state index is -0.989. The van der Waals surface area contributed by atoms with E-state index in [1.54, 1.807) is 17.1 Å². The highest BCUT2D eigenvalue weighted by Crippen LogP contribution is 2.38. The molecule has 33 heavy (non-hydrogen) atoms. The molecule has 4 heterocycles. The summed E-state index contributed by atoms with van der Waals surface area (Å²) >= 11 is 13.0. The number of hydrogen-bond donors (Lipinski definition) is 1. The number of nitrogens with one attached hydrogen (secondary N) is 1. The average Bonchev–Trinajstić information content (AvgIpc) is 3.46. The third-order valence-corrected chi connectivity index (χ3v) is 7.28. The number of aryl methyl sites for hydroxylation is 1. The van der Waals surface area contributed by atoms with Crippen molar-refractivity contribution in [2.24, 2.45) is 0 Å². The van der Waals surface area contributed by atoms with Crippen molar-refractivity contribution in [3.8, 4) is 0 Å². The second-order valence-corrected chi connectivity index (χ2v) is 9.51. The molecule has 7 nitrogen and oxygen atoms in total. The van der Waals surface area contributed by atoms with Crippen molar-refractivity contribution in [2.75, 3.05) is 31.6 Å². The molecule has 2 aromatic heterocycles. The van der Waals surface area contributed by atoms with Crippen LogP contribution >= 0.6 is 23.2 Å². The van der Waals surface area contributed by atoms with Crippen LogP contribution in [0, 0.1) is 0 Å². The van der Waals surface area contributed by atoms with E-state index >= 15 is 4.39 Å². The molecule has 2 aliphatic rings. The molecule has 0 bridgehead atoms. The number of alkyl halides is 1. The number of likely N-dealkylation sites (tertiary alicyclic amines) is 1. The van der Waals surface area contributed by atoms with Crippen LogP contribution in [-0.4, -0.2) is 63.2 Å². The Bertz CT molecular complexity index is 1140. The zero-order valence-electron chi connectivity index (χ0n) is 18.5. The highest BCUT2D eigenvalue weighted by Gasteiger charge is 2.35. The first kappa shape index (κ1) is 22.8. The molecular formula is C23H27Cl2FN6O. The summed E-state index contributed by atoms with van der Waals surface area (Å²) in [5.74, 6) is 0.148. The molecule has 2 aliphatic heterocycles. The Morgan fingerprint density at radius 1 is 1.24 bits per heavy atom. The van der Waals surface area contributed by atoms with Gasteiger partial charge in [0.05, 0.1) is 24.0 Å². The highest BCUT2D eigenvalue weighted by molar-refractivity contribution is 6.32. The second kappa shape index (κ2) is 9.70. The number of hydrogen-bond acceptors (Lipinski definition) is 6. The highest BCUT2D eigenvalue weighted by atomic mass is 35.5. The SMILES string of the molecule is CCCn1ncc(Nc2ncc3cc(Cl)c(C4CCN([C@@H]5CCOC5)CC4F)cc3n2)c1Cl. The summed E-state index contributed by atoms with van der Waals surface area (Å²) < 4.78 is 22.5. The van der Waals surface area contributed by atoms with Gasteiger partial charge in [-0.05, 0) is 43.5 Å². The topological polar surface area (TPSA) is 68.1 Å². The summed E-state index contributed by atoms with van der Waals surface area (Å²) in [6.07, 6.45) is 5.00. The molecule has 0 spiro atoms. The molecule has 176 valence electrons. The normalized spacial score (nSPS) is 23.9. The molecule has 2 saturated heterocycles. The molecule has 2 fully saturated rings. The van der Waals surface area contributed by atoms with E-state index in [-0.39, 0.29) is 5.92 Å². The van der Waals surface area contributed by atoms with Gasteiger partial charge in [0.25, 0.3) is 0 Å². The first-order valence-corrected chi connectivity index (χ1v) is 12.2. The smallest absolute Gasteiger partial charge is 0.227 e. The quantitative estimate of drug-likeness (QED) is 0.509. The van der Waals surface area contributed by atoms with Crippen LogP contribution in [0.15, 0.2) is 24.5 Å². The Hall–Kier alpha value is -2.00. The van der Waals surface area contributed by atoms with Gasteiger partial charge in [0.2, 0.25) is 5.95 Å². The lowest BCUT2D eigenvalue weighted by molar-refractivity contribution is 0.0729. The molecule has 2 unspecified atom stereocenters. The van der Waals surface area contributed by atoms with E-state index in [1.165, 1.54) is 0 Å². The zero-order valence-corrected chi connectivity index (χ0v) is 20.0. The van der Waals surface area contributed by atoms with E-state index in [2.05, 4.69) is 32.2 Å². The van der Waals surface area contributed by atoms with Gasteiger partial charge in [-0.15, -0.1) is 0 Å². The molecule has 10 heteroatoms. The summed E-state index contributed by atoms with van der Waals surface area (Å²) in [5.41, 5.74) is 2.16. The average molecular weight is 493 g/mol. The van der Waals surface area contributed by atoms with E-state index in [0.29, 0.717) is 52.9 Å². The largest absolute Gasteiger partial charge is 0.380 e. The van der Waals surface area contributed by atoms with Gasteiger partial charge in [0.1, 0.15) is 6.17 Å². The monoisotopic (exact) mass is 492 g/mol. The van der Waals surface area contributed by atoms with Crippen LogP contribution in [-0.2, 0) is 11.3 Å². The first-order chi connectivity index (χ1) is 16.0. The van der Waals surface area contributed by atoms with Crippen LogP contribution in [0.25, 0.3) is 10.9 Å². The molecule has 3 atom stereocenters. The Labute approximate surface area is 202 Å². The lowest BCUT2D eigenvalue weighted by Crippen LogP contribution is -2.46. The second-order valence-electron chi connectivity index (χ2n) is 8.75. The summed E-state index contributed by atoms with van der Waals surface area (Å²) in [4.78, 5) is 11.2. The number of piperidine rings is 1. The van der Waals surface area contributed by atoms with Crippen molar-refractivity contribution in [1.29, 1.82) is 0 Å². The number of nitrogens with zero attached hydrogens (tertiary/aromatic N) is 5. The third kappa shape index (κ3) is 4.67. The fourth-order valence-electron chi connectivity index (χ4n) is 4.77. The third-order valence-electron chi connectivity index (χ3n) is 6.55. The molecule has 5 rings (SSSR count). The molecular weight excluding hydrogens is 466 g/mol. The van der Waals surface area contributed by atoms with E-state index in [0.717, 1.165) is 43.5 Å². The molecule has 3 aromatic rings. The van der Waals surface area contributed by atoms with Crippen molar-refractivity contribution >= 4 is 45.7 Å². The molecule has 1 aromatic carbocycles. The van der Waals surface area contributed by atoms with Gasteiger partial charge in [-0.1, -0.05) is 30.1 Å². The van der Waals surface area contributed by atoms with Crippen molar-refractivity contribution in [1.82, 2.24) is 24.6 Å². The Balaban J connectivity index is 1.37. The van der Waals surface area contributed by atoms with Crippen LogP contribution in [0.5, 0.6) is 0 Å². The summed E-state index contributed by atoms with van der Waals surface area (Å²) in [5, 5.41) is 9.30. The fourth-order valence-corrected chi connectivity index (χ4v) is 5.31. The lowest BCUT2D eigenvalue weighted by Gasteiger charge is -2.38. The van der Waals surface area contributed by atoms with Crippen LogP contribution in [0.2, 0.25) is 10.2 Å². The Morgan fingerprint density at radius 2 is 2.12 bits per heavy atom. The maximum absolute atomic E-state index is 15.3. The van der Waals surface area contributed by atoms with Gasteiger partial charge in [-0.3, -0.25) is 9.58 Å². The number of fused-ring (bicyclic) bond motifs is 1. The van der Waals surface area contributed by atoms with Crippen molar-refractivity contribution in [2.45, 2.75) is 50.9 Å². The van der Waals surface area contributed by atoms with Gasteiger partial charge < -0.3 is 10.1 Å². The maximum atomic E-state index is 15.3. The van der Waals surface area contributed by atoms with Crippen molar-refractivity contribution in [3.05, 3.63) is 40.3 Å². The number of halogens is 3. The number of anilines is 2. The molecule has 0 saturated carbocycles. The predicted octanol–water partition coefficient (Wildman–Crippen LogP) is 5.20. The van der Waals surface area contributed by atoms with E-state index in [4.69, 9.17) is 27.9 Å².